The second-order valence-corrected chi connectivity index (χ2v) is 15.9. The fourth-order valence-electron chi connectivity index (χ4n) is 6.62. The van der Waals surface area contributed by atoms with Crippen molar-refractivity contribution in [3.05, 3.63) is 203 Å². The van der Waals surface area contributed by atoms with Crippen molar-refractivity contribution in [2.75, 3.05) is 0 Å². The van der Waals surface area contributed by atoms with Gasteiger partial charge in [0.25, 0.3) is 0 Å². The van der Waals surface area contributed by atoms with Gasteiger partial charge in [0.1, 0.15) is 0 Å². The van der Waals surface area contributed by atoms with Gasteiger partial charge in [-0.05, 0) is 76.0 Å². The van der Waals surface area contributed by atoms with Crippen LogP contribution in [-0.2, 0) is 26.5 Å². The molecule has 1 heterocycles. The molecular weight excluding hydrogens is 907 g/mol. The molecule has 0 radical (unpaired) electrons. The molecule has 308 valence electrons. The summed E-state index contributed by atoms with van der Waals surface area (Å²) < 4.78 is 61.0. The summed E-state index contributed by atoms with van der Waals surface area (Å²) in [6, 6.07) is 38.2. The molecule has 4 heteroatoms. The Morgan fingerprint density at radius 2 is 1.60 bits per heavy atom. The molecule has 0 bridgehead atoms. The molecule has 1 aromatic heterocycles. The maximum atomic E-state index is 9.62. The Labute approximate surface area is 384 Å². The van der Waals surface area contributed by atoms with Crippen LogP contribution < -0.4 is 0 Å². The zero-order valence-corrected chi connectivity index (χ0v) is 38.6. The number of aryl methyl sites for hydroxylation is 1. The molecule has 5 aromatic carbocycles. The zero-order valence-electron chi connectivity index (χ0n) is 43.2. The van der Waals surface area contributed by atoms with Gasteiger partial charge in [0.2, 0.25) is 0 Å². The standard InChI is InChI=1S/C33H35N2.C23H25N.Ir/c1-8-9-10-14-24(6)29-21-26(20-19-25(29)7)33-34-30-17-11-12-18-31(30)35(33)32-27(22(2)3)15-13-16-28(32)23(4)5;1-18(20-8-6-5-7-9-20)10-13-22(17-24)21-14-11-19(12-15-21)16-23(2,3)4;/h8-19,21-23H,6H2,1-5,7H3;5-8,10-15,17H,16H2,1-4H3;/q-1;-2;+3/b9-8-,14-10-;18-10+,22-13+;/i7D3,22D,23D;16D2;. The molecule has 0 saturated carbocycles. The Bertz CT molecular complexity index is 2780. The molecule has 60 heavy (non-hydrogen) atoms. The van der Waals surface area contributed by atoms with E-state index in [0.29, 0.717) is 33.7 Å². The van der Waals surface area contributed by atoms with Crippen molar-refractivity contribution in [3.63, 3.8) is 0 Å². The van der Waals surface area contributed by atoms with Gasteiger partial charge in [0.05, 0.1) is 16.9 Å². The predicted octanol–water partition coefficient (Wildman–Crippen LogP) is 15.4. The van der Waals surface area contributed by atoms with E-state index in [9.17, 15) is 5.41 Å². The summed E-state index contributed by atoms with van der Waals surface area (Å²) in [5.74, 6) is -1.39. The van der Waals surface area contributed by atoms with Crippen LogP contribution in [0.25, 0.3) is 50.2 Å². The first kappa shape index (κ1) is 37.6. The van der Waals surface area contributed by atoms with E-state index < -0.39 is 30.4 Å². The van der Waals surface area contributed by atoms with E-state index >= 15 is 0 Å². The van der Waals surface area contributed by atoms with Gasteiger partial charge >= 0.3 is 20.1 Å². The summed E-state index contributed by atoms with van der Waals surface area (Å²) in [6.07, 6.45) is 10.8. The number of hydrogen-bond donors (Lipinski definition) is 0. The molecule has 0 spiro atoms. The van der Waals surface area contributed by atoms with E-state index in [4.69, 9.17) is 14.6 Å². The summed E-state index contributed by atoms with van der Waals surface area (Å²) >= 11 is 0. The fourth-order valence-corrected chi connectivity index (χ4v) is 6.62. The van der Waals surface area contributed by atoms with E-state index in [1.54, 1.807) is 24.3 Å². The Morgan fingerprint density at radius 3 is 2.20 bits per heavy atom. The van der Waals surface area contributed by atoms with Gasteiger partial charge in [0.15, 0.2) is 0 Å². The first-order chi connectivity index (χ1) is 30.8. The van der Waals surface area contributed by atoms with Crippen LogP contribution in [0.5, 0.6) is 0 Å². The topological polar surface area (TPSA) is 40.1 Å². The minimum atomic E-state index is -2.36. The number of allylic oxidation sites excluding steroid dienone is 9. The zero-order chi connectivity index (χ0) is 48.8. The van der Waals surface area contributed by atoms with Crippen LogP contribution in [0.4, 0.5) is 0 Å². The smallest absolute Gasteiger partial charge is 0.810 e. The maximum absolute atomic E-state index is 9.62. The maximum Gasteiger partial charge on any atom is 3.00 e. The number of aromatic nitrogens is 2. The van der Waals surface area contributed by atoms with Crippen LogP contribution in [0.2, 0.25) is 0 Å². The summed E-state index contributed by atoms with van der Waals surface area (Å²) in [6.45, 7) is 18.7. The van der Waals surface area contributed by atoms with Crippen molar-refractivity contribution in [2.24, 2.45) is 5.41 Å². The molecule has 0 saturated heterocycles. The quantitative estimate of drug-likeness (QED) is 0.0684. The Kier molecular flexibility index (Phi) is 13.6. The first-order valence-electron chi connectivity index (χ1n) is 23.4. The third-order valence-corrected chi connectivity index (χ3v) is 9.56. The van der Waals surface area contributed by atoms with Gasteiger partial charge in [-0.25, -0.2) is 0 Å². The number of fused-ring (bicyclic) bond motifs is 1. The molecule has 0 aliphatic heterocycles. The second-order valence-electron chi connectivity index (χ2n) is 15.9. The van der Waals surface area contributed by atoms with Crippen molar-refractivity contribution in [2.45, 2.75) is 87.3 Å². The summed E-state index contributed by atoms with van der Waals surface area (Å²) in [5, 5.41) is 9.62. The molecule has 0 aliphatic carbocycles. The predicted molar refractivity (Wildman–Crippen MR) is 257 cm³/mol. The molecular formula is C56H60IrN3. The van der Waals surface area contributed by atoms with Crippen molar-refractivity contribution in [1.29, 1.82) is 0 Å². The second kappa shape index (κ2) is 21.7. The van der Waals surface area contributed by atoms with Crippen LogP contribution in [0.3, 0.4) is 0 Å². The summed E-state index contributed by atoms with van der Waals surface area (Å²) in [5.41, 5.74) is 9.30. The molecule has 0 amide bonds. The normalized spacial score (nSPS) is 14.8. The Balaban J connectivity index is 0.000000315. The average Bonchev–Trinajstić information content (AvgIpc) is 3.65. The van der Waals surface area contributed by atoms with E-state index in [2.05, 4.69) is 18.7 Å². The molecule has 0 N–H and O–H groups in total. The Morgan fingerprint density at radius 1 is 0.917 bits per heavy atom. The van der Waals surface area contributed by atoms with Crippen molar-refractivity contribution < 1.29 is 29.7 Å². The van der Waals surface area contributed by atoms with Gasteiger partial charge in [-0.1, -0.05) is 159 Å². The molecule has 6 aromatic rings. The minimum absolute atomic E-state index is 0. The van der Waals surface area contributed by atoms with Gasteiger partial charge in [-0.15, -0.1) is 76.9 Å². The van der Waals surface area contributed by atoms with Crippen LogP contribution in [-0.4, -0.2) is 15.8 Å². The number of para-hydroxylation sites is 3. The average molecular weight is 974 g/mol. The largest absolute Gasteiger partial charge is 3.00 e. The van der Waals surface area contributed by atoms with Crippen molar-refractivity contribution in [1.82, 2.24) is 9.55 Å². The van der Waals surface area contributed by atoms with E-state index in [1.807, 2.05) is 176 Å². The molecule has 0 atom stereocenters. The van der Waals surface area contributed by atoms with Crippen molar-refractivity contribution >= 4 is 34.0 Å². The number of nitrogens with zero attached hydrogens (tertiary/aromatic N) is 3. The molecule has 3 nitrogen and oxygen atoms in total. The third kappa shape index (κ3) is 12.1. The van der Waals surface area contributed by atoms with Crippen LogP contribution in [0.1, 0.15) is 123 Å². The van der Waals surface area contributed by atoms with Gasteiger partial charge in [0, 0.05) is 15.3 Å². The molecule has 0 unspecified atom stereocenters. The van der Waals surface area contributed by atoms with Gasteiger partial charge < -0.3 is 9.98 Å². The Hall–Kier alpha value is -5.41. The monoisotopic (exact) mass is 974 g/mol. The SMILES string of the molecule is [2H]C([2H])([2H])c1c[c-]c(-c2nc3ccccc3n2-c2c(C([2H])(C)C)cccc2C([2H])(C)C)cc1C(=C)/C=C\C=C/C.[2H]C([2H])(c1ccc(/C(C=[N-])=C/C=C(\C)c2[c-]cccc2)cc1)C(C)(C)C.[Ir+3]. The van der Waals surface area contributed by atoms with Gasteiger partial charge in [-0.2, -0.15) is 6.21 Å². The molecule has 6 rings (SSSR count). The minimum Gasteiger partial charge on any atom is -0.810 e. The van der Waals surface area contributed by atoms with E-state index in [-0.39, 0.29) is 25.7 Å². The van der Waals surface area contributed by atoms with Gasteiger partial charge in [-0.3, -0.25) is 4.98 Å². The van der Waals surface area contributed by atoms with Crippen molar-refractivity contribution in [3.8, 4) is 17.1 Å². The number of rotatable bonds is 12. The fraction of sp³-hybridized carbons (Fsp3) is 0.250. The molecule has 0 fully saturated rings. The van der Waals surface area contributed by atoms with Crippen LogP contribution in [0.15, 0.2) is 146 Å². The van der Waals surface area contributed by atoms with E-state index in [1.165, 1.54) is 6.07 Å². The van der Waals surface area contributed by atoms with E-state index in [0.717, 1.165) is 50.8 Å². The van der Waals surface area contributed by atoms with Crippen LogP contribution >= 0.6 is 0 Å². The summed E-state index contributed by atoms with van der Waals surface area (Å²) in [4.78, 5) is 4.98. The summed E-state index contributed by atoms with van der Waals surface area (Å²) in [7, 11) is 0. The first-order valence-corrected chi connectivity index (χ1v) is 19.9. The van der Waals surface area contributed by atoms with Crippen LogP contribution in [0, 0.1) is 24.4 Å². The number of hydrogen-bond acceptors (Lipinski definition) is 1. The number of benzene rings is 5. The number of imidazole rings is 1. The third-order valence-electron chi connectivity index (χ3n) is 9.56. The molecule has 0 aliphatic rings.